The fourth-order valence-electron chi connectivity index (χ4n) is 0.995. The van der Waals surface area contributed by atoms with Crippen LogP contribution in [0.3, 0.4) is 0 Å². The van der Waals surface area contributed by atoms with Crippen LogP contribution in [0.4, 0.5) is 0 Å². The van der Waals surface area contributed by atoms with Gasteiger partial charge in [0.2, 0.25) is 0 Å². The average molecular weight is 226 g/mol. The largest absolute Gasteiger partial charge is 0.411 e. The Labute approximate surface area is 93.6 Å². The van der Waals surface area contributed by atoms with Gasteiger partial charge in [-0.15, -0.1) is 0 Å². The lowest BCUT2D eigenvalue weighted by Gasteiger charge is -2.36. The van der Waals surface area contributed by atoms with Gasteiger partial charge >= 0.3 is 0 Å². The number of imidazole rings is 1. The van der Waals surface area contributed by atoms with Crippen molar-refractivity contribution in [1.82, 2.24) is 9.55 Å². The first kappa shape index (κ1) is 12.5. The number of aromatic nitrogens is 2. The smallest absolute Gasteiger partial charge is 0.192 e. The zero-order valence-corrected chi connectivity index (χ0v) is 11.7. The summed E-state index contributed by atoms with van der Waals surface area (Å²) in [4.78, 5) is 4.08. The summed E-state index contributed by atoms with van der Waals surface area (Å²) in [5.74, 6) is 0. The first-order valence-electron chi connectivity index (χ1n) is 5.33. The molecule has 1 aromatic heterocycles. The Bertz CT molecular complexity index is 326. The molecule has 3 nitrogen and oxygen atoms in total. The van der Waals surface area contributed by atoms with Crippen LogP contribution in [0.5, 0.6) is 0 Å². The Morgan fingerprint density at radius 1 is 1.40 bits per heavy atom. The quantitative estimate of drug-likeness (QED) is 0.741. The van der Waals surface area contributed by atoms with Crippen molar-refractivity contribution in [1.29, 1.82) is 0 Å². The summed E-state index contributed by atoms with van der Waals surface area (Å²) < 4.78 is 8.10. The normalized spacial score (nSPS) is 13.2. The molecule has 0 saturated carbocycles. The second kappa shape index (κ2) is 4.10. The molecule has 0 aromatic carbocycles. The van der Waals surface area contributed by atoms with Crippen molar-refractivity contribution in [2.75, 3.05) is 0 Å². The van der Waals surface area contributed by atoms with Gasteiger partial charge in [-0.1, -0.05) is 20.8 Å². The van der Waals surface area contributed by atoms with Gasteiger partial charge in [0.25, 0.3) is 0 Å². The van der Waals surface area contributed by atoms with E-state index in [1.54, 1.807) is 0 Å². The summed E-state index contributed by atoms with van der Waals surface area (Å²) >= 11 is 0. The van der Waals surface area contributed by atoms with Crippen molar-refractivity contribution in [3.63, 3.8) is 0 Å². The molecule has 4 heteroatoms. The van der Waals surface area contributed by atoms with E-state index in [2.05, 4.69) is 38.8 Å². The molecule has 0 aliphatic rings. The van der Waals surface area contributed by atoms with Crippen LogP contribution in [-0.2, 0) is 18.1 Å². The first-order chi connectivity index (χ1) is 6.74. The molecular weight excluding hydrogens is 204 g/mol. The van der Waals surface area contributed by atoms with Gasteiger partial charge in [-0.25, -0.2) is 4.98 Å². The van der Waals surface area contributed by atoms with Crippen molar-refractivity contribution in [3.05, 3.63) is 18.2 Å². The first-order valence-corrected chi connectivity index (χ1v) is 8.24. The third-order valence-electron chi connectivity index (χ3n) is 3.30. The summed E-state index contributed by atoms with van der Waals surface area (Å²) in [5.41, 5.74) is 1.14. The Morgan fingerprint density at radius 2 is 2.00 bits per heavy atom. The minimum atomic E-state index is -1.63. The van der Waals surface area contributed by atoms with Crippen LogP contribution >= 0.6 is 0 Å². The molecule has 1 rings (SSSR count). The molecule has 0 radical (unpaired) electrons. The summed E-state index contributed by atoms with van der Waals surface area (Å²) in [6, 6.07) is 0. The molecule has 0 unspecified atom stereocenters. The van der Waals surface area contributed by atoms with Gasteiger partial charge in [-0.05, 0) is 18.1 Å². The molecule has 0 aliphatic carbocycles. The molecule has 1 heterocycles. The Balaban J connectivity index is 2.61. The second-order valence-corrected chi connectivity index (χ2v) is 10.4. The lowest BCUT2D eigenvalue weighted by molar-refractivity contribution is 0.268. The monoisotopic (exact) mass is 226 g/mol. The van der Waals surface area contributed by atoms with E-state index in [9.17, 15) is 0 Å². The molecule has 0 amide bonds. The molecular formula is C11H22N2OSi. The van der Waals surface area contributed by atoms with Crippen LogP contribution in [0.25, 0.3) is 0 Å². The topological polar surface area (TPSA) is 27.1 Å². The van der Waals surface area contributed by atoms with Gasteiger partial charge in [0.05, 0.1) is 24.8 Å². The zero-order valence-electron chi connectivity index (χ0n) is 10.7. The van der Waals surface area contributed by atoms with Gasteiger partial charge < -0.3 is 8.99 Å². The molecule has 1 aromatic rings. The van der Waals surface area contributed by atoms with Crippen LogP contribution in [0.15, 0.2) is 12.5 Å². The Kier molecular flexibility index (Phi) is 3.40. The van der Waals surface area contributed by atoms with Crippen LogP contribution in [0, 0.1) is 0 Å². The van der Waals surface area contributed by atoms with E-state index in [4.69, 9.17) is 4.43 Å². The average Bonchev–Trinajstić information content (AvgIpc) is 2.46. The molecule has 0 atom stereocenters. The highest BCUT2D eigenvalue weighted by molar-refractivity contribution is 6.74. The van der Waals surface area contributed by atoms with Crippen molar-refractivity contribution >= 4 is 8.32 Å². The molecule has 0 N–H and O–H groups in total. The highest BCUT2D eigenvalue weighted by atomic mass is 28.4. The molecule has 15 heavy (non-hydrogen) atoms. The van der Waals surface area contributed by atoms with Gasteiger partial charge in [-0.2, -0.15) is 0 Å². The van der Waals surface area contributed by atoms with Gasteiger partial charge in [0, 0.05) is 7.05 Å². The van der Waals surface area contributed by atoms with E-state index >= 15 is 0 Å². The number of aryl methyl sites for hydroxylation is 1. The Morgan fingerprint density at radius 3 is 2.40 bits per heavy atom. The number of nitrogens with zero attached hydrogens (tertiary/aromatic N) is 2. The van der Waals surface area contributed by atoms with E-state index in [1.807, 2.05) is 24.1 Å². The van der Waals surface area contributed by atoms with E-state index in [0.29, 0.717) is 6.61 Å². The van der Waals surface area contributed by atoms with Crippen molar-refractivity contribution in [2.24, 2.45) is 7.05 Å². The zero-order chi connectivity index (χ0) is 11.7. The molecule has 86 valence electrons. The predicted octanol–water partition coefficient (Wildman–Crippen LogP) is 2.94. The fourth-order valence-corrected chi connectivity index (χ4v) is 1.94. The number of hydrogen-bond acceptors (Lipinski definition) is 2. The fraction of sp³-hybridized carbons (Fsp3) is 0.727. The number of rotatable bonds is 3. The SMILES string of the molecule is Cn1cncc1CO[Si](C)(C)C(C)(C)C. The third-order valence-corrected chi connectivity index (χ3v) is 7.78. The molecule has 0 saturated heterocycles. The second-order valence-electron chi connectivity index (χ2n) is 5.54. The maximum Gasteiger partial charge on any atom is 0.192 e. The molecule has 0 aliphatic heterocycles. The lowest BCUT2D eigenvalue weighted by Crippen LogP contribution is -2.40. The Hall–Kier alpha value is -0.613. The van der Waals surface area contributed by atoms with Crippen molar-refractivity contribution < 1.29 is 4.43 Å². The van der Waals surface area contributed by atoms with E-state index in [1.165, 1.54) is 0 Å². The molecule has 0 fully saturated rings. The van der Waals surface area contributed by atoms with Gasteiger partial charge in [0.15, 0.2) is 8.32 Å². The van der Waals surface area contributed by atoms with Crippen LogP contribution in [0.1, 0.15) is 26.5 Å². The van der Waals surface area contributed by atoms with E-state index in [0.717, 1.165) is 5.69 Å². The summed E-state index contributed by atoms with van der Waals surface area (Å²) in [7, 11) is 0.372. The highest BCUT2D eigenvalue weighted by Crippen LogP contribution is 2.36. The van der Waals surface area contributed by atoms with Crippen LogP contribution in [0.2, 0.25) is 18.1 Å². The standard InChI is InChI=1S/C11H22N2OSi/c1-11(2,3)15(5,6)14-8-10-7-12-9-13(10)4/h7,9H,8H2,1-6H3. The molecule has 0 bridgehead atoms. The van der Waals surface area contributed by atoms with Crippen molar-refractivity contribution in [2.45, 2.75) is 45.5 Å². The van der Waals surface area contributed by atoms with Crippen LogP contribution in [-0.4, -0.2) is 17.9 Å². The van der Waals surface area contributed by atoms with Crippen molar-refractivity contribution in [3.8, 4) is 0 Å². The number of hydrogen-bond donors (Lipinski definition) is 0. The lowest BCUT2D eigenvalue weighted by atomic mass is 10.2. The summed E-state index contributed by atoms with van der Waals surface area (Å²) in [5, 5.41) is 0.269. The van der Waals surface area contributed by atoms with Crippen LogP contribution < -0.4 is 0 Å². The minimum absolute atomic E-state index is 0.269. The summed E-state index contributed by atoms with van der Waals surface area (Å²) in [6.45, 7) is 12.0. The van der Waals surface area contributed by atoms with E-state index < -0.39 is 8.32 Å². The van der Waals surface area contributed by atoms with Gasteiger partial charge in [0.1, 0.15) is 0 Å². The minimum Gasteiger partial charge on any atom is -0.411 e. The summed E-state index contributed by atoms with van der Waals surface area (Å²) in [6.07, 6.45) is 3.68. The third kappa shape index (κ3) is 2.92. The maximum atomic E-state index is 6.10. The highest BCUT2D eigenvalue weighted by Gasteiger charge is 2.37. The predicted molar refractivity (Wildman–Crippen MR) is 65.2 cm³/mol. The maximum absolute atomic E-state index is 6.10. The van der Waals surface area contributed by atoms with E-state index in [-0.39, 0.29) is 5.04 Å². The molecule has 0 spiro atoms. The van der Waals surface area contributed by atoms with Gasteiger partial charge in [-0.3, -0.25) is 0 Å².